The smallest absolute Gasteiger partial charge is 0.317 e. The lowest BCUT2D eigenvalue weighted by Crippen LogP contribution is -2.65. The second-order valence-electron chi connectivity index (χ2n) is 11.1. The van der Waals surface area contributed by atoms with Crippen molar-refractivity contribution in [2.24, 2.45) is 17.6 Å². The summed E-state index contributed by atoms with van der Waals surface area (Å²) < 4.78 is 5.28. The third-order valence-corrected chi connectivity index (χ3v) is 8.70. The number of aliphatic hydroxyl groups is 3. The van der Waals surface area contributed by atoms with Gasteiger partial charge in [0.05, 0.1) is 30.4 Å². The molecule has 1 heterocycles. The Morgan fingerprint density at radius 3 is 2.50 bits per heavy atom. The standard InChI is InChI=1S/C29H32N4O9/c1-4-13-9-15(12-31-28(40)33-5-7-42-8-6-33)16-10-14-11-17-21(32(2)3)24(36)20(27(30)39)26(38)29(17,41)25(37)18(14)23(35)19(16)22(13)34/h1,9,14,17,21,34-35,38,41H,5-8,10-12H2,2-3H3,(H2,30,39)(H,31,40)/t14-,17-,21-,29-/m0/s1. The molecule has 1 aromatic rings. The highest BCUT2D eigenvalue weighted by Gasteiger charge is 2.64. The van der Waals surface area contributed by atoms with Crippen molar-refractivity contribution in [2.75, 3.05) is 40.4 Å². The number of nitrogens with two attached hydrogens (primary N) is 1. The van der Waals surface area contributed by atoms with Crippen LogP contribution in [-0.4, -0.2) is 106 Å². The van der Waals surface area contributed by atoms with Crippen molar-refractivity contribution < 1.29 is 44.3 Å². The minimum absolute atomic E-state index is 0.00418. The van der Waals surface area contributed by atoms with Crippen LogP contribution in [0.5, 0.6) is 5.75 Å². The van der Waals surface area contributed by atoms with Gasteiger partial charge in [0.1, 0.15) is 22.8 Å². The number of urea groups is 1. The fraction of sp³-hybridized carbons (Fsp3) is 0.448. The van der Waals surface area contributed by atoms with Crippen molar-refractivity contribution >= 4 is 29.3 Å². The van der Waals surface area contributed by atoms with E-state index in [0.717, 1.165) is 0 Å². The third kappa shape index (κ3) is 4.22. The number of nitrogens with one attached hydrogen (secondary N) is 1. The first-order valence-corrected chi connectivity index (χ1v) is 13.4. The summed E-state index contributed by atoms with van der Waals surface area (Å²) in [5, 5.41) is 48.0. The number of hydrogen-bond acceptors (Lipinski definition) is 10. The predicted octanol–water partition coefficient (Wildman–Crippen LogP) is -0.513. The number of terminal acetylenes is 1. The average molecular weight is 581 g/mol. The number of Topliss-reactive ketones (excluding diaryl/α,β-unsaturated/α-hetero) is 2. The quantitative estimate of drug-likeness (QED) is 0.199. The Labute approximate surface area is 241 Å². The van der Waals surface area contributed by atoms with E-state index in [1.165, 1.54) is 25.1 Å². The summed E-state index contributed by atoms with van der Waals surface area (Å²) in [7, 11) is 3.06. The van der Waals surface area contributed by atoms with Gasteiger partial charge < -0.3 is 41.1 Å². The molecular weight excluding hydrogens is 548 g/mol. The van der Waals surface area contributed by atoms with Crippen LogP contribution in [0.2, 0.25) is 0 Å². The molecule has 7 N–H and O–H groups in total. The molecule has 3 amide bonds. The van der Waals surface area contributed by atoms with Gasteiger partial charge in [-0.15, -0.1) is 6.42 Å². The van der Waals surface area contributed by atoms with E-state index in [2.05, 4.69) is 11.2 Å². The molecule has 13 heteroatoms. The molecule has 1 saturated heterocycles. The Kier molecular flexibility index (Phi) is 7.26. The Hall–Kier alpha value is -4.38. The molecule has 2 fully saturated rings. The topological polar surface area (TPSA) is 203 Å². The second-order valence-corrected chi connectivity index (χ2v) is 11.1. The maximum atomic E-state index is 14.0. The van der Waals surface area contributed by atoms with Crippen LogP contribution in [-0.2, 0) is 32.1 Å². The number of carbonyl (C=O) groups is 4. The van der Waals surface area contributed by atoms with Gasteiger partial charge in [-0.3, -0.25) is 19.3 Å². The largest absolute Gasteiger partial charge is 0.508 e. The van der Waals surface area contributed by atoms with E-state index in [4.69, 9.17) is 16.9 Å². The lowest BCUT2D eigenvalue weighted by molar-refractivity contribution is -0.153. The number of benzene rings is 1. The summed E-state index contributed by atoms with van der Waals surface area (Å²) in [5.41, 5.74) is 2.26. The summed E-state index contributed by atoms with van der Waals surface area (Å²) in [6.07, 6.45) is 5.64. The molecule has 5 rings (SSSR count). The predicted molar refractivity (Wildman–Crippen MR) is 147 cm³/mol. The van der Waals surface area contributed by atoms with Gasteiger partial charge in [-0.1, -0.05) is 5.92 Å². The van der Waals surface area contributed by atoms with Gasteiger partial charge in [-0.25, -0.2) is 4.79 Å². The summed E-state index contributed by atoms with van der Waals surface area (Å²) in [5.74, 6) is -5.14. The van der Waals surface area contributed by atoms with Crippen LogP contribution in [0.3, 0.4) is 0 Å². The van der Waals surface area contributed by atoms with Crippen molar-refractivity contribution in [3.8, 4) is 18.1 Å². The Balaban J connectivity index is 1.62. The van der Waals surface area contributed by atoms with Gasteiger partial charge in [0.2, 0.25) is 5.78 Å². The number of phenolic OH excluding ortho intramolecular Hbond substituents is 1. The number of ketones is 2. The maximum Gasteiger partial charge on any atom is 0.317 e. The zero-order valence-corrected chi connectivity index (χ0v) is 23.1. The number of hydrogen-bond donors (Lipinski definition) is 6. The van der Waals surface area contributed by atoms with Crippen LogP contribution >= 0.6 is 0 Å². The molecule has 1 aliphatic heterocycles. The summed E-state index contributed by atoms with van der Waals surface area (Å²) in [6.45, 7) is 1.66. The molecule has 13 nitrogen and oxygen atoms in total. The van der Waals surface area contributed by atoms with Crippen molar-refractivity contribution in [3.63, 3.8) is 0 Å². The molecule has 1 saturated carbocycles. The van der Waals surface area contributed by atoms with E-state index >= 15 is 0 Å². The highest BCUT2D eigenvalue weighted by molar-refractivity contribution is 6.24. The molecular formula is C29H32N4O9. The van der Waals surface area contributed by atoms with Gasteiger partial charge in [0.25, 0.3) is 5.91 Å². The SMILES string of the molecule is C#Cc1cc(CNC(=O)N2CCOCC2)c2c(c1O)C(O)=C1C(=O)[C@]3(O)C(O)=C(C(N)=O)C(=O)[C@@H](N(C)C)[C@@H]3C[C@@H]1C2. The van der Waals surface area contributed by atoms with Crippen LogP contribution in [0.1, 0.15) is 28.7 Å². The van der Waals surface area contributed by atoms with E-state index < -0.39 is 63.8 Å². The number of carbonyl (C=O) groups excluding carboxylic acids is 4. The van der Waals surface area contributed by atoms with E-state index in [0.29, 0.717) is 37.4 Å². The Bertz CT molecular complexity index is 1520. The number of aliphatic hydroxyl groups excluding tert-OH is 2. The number of amides is 3. The number of nitrogens with zero attached hydrogens (tertiary/aromatic N) is 2. The van der Waals surface area contributed by atoms with Crippen LogP contribution in [0.25, 0.3) is 5.76 Å². The maximum absolute atomic E-state index is 14.0. The molecule has 1 aromatic carbocycles. The van der Waals surface area contributed by atoms with Crippen molar-refractivity contribution in [1.29, 1.82) is 0 Å². The normalized spacial score (nSPS) is 27.3. The van der Waals surface area contributed by atoms with Gasteiger partial charge in [-0.2, -0.15) is 0 Å². The number of aromatic hydroxyl groups is 1. The molecule has 222 valence electrons. The monoisotopic (exact) mass is 580 g/mol. The van der Waals surface area contributed by atoms with Crippen molar-refractivity contribution in [3.05, 3.63) is 45.2 Å². The van der Waals surface area contributed by atoms with E-state index in [9.17, 15) is 39.6 Å². The summed E-state index contributed by atoms with van der Waals surface area (Å²) in [4.78, 5) is 55.2. The zero-order valence-electron chi connectivity index (χ0n) is 23.1. The molecule has 0 aromatic heterocycles. The lowest BCUT2D eigenvalue weighted by atomic mass is 9.57. The number of likely N-dealkylation sites (N-methyl/N-ethyl adjacent to an activating group) is 1. The van der Waals surface area contributed by atoms with Crippen molar-refractivity contribution in [1.82, 2.24) is 15.1 Å². The number of phenols is 1. The molecule has 0 spiro atoms. The summed E-state index contributed by atoms with van der Waals surface area (Å²) in [6, 6.07) is -0.00132. The first-order chi connectivity index (χ1) is 19.8. The van der Waals surface area contributed by atoms with Crippen molar-refractivity contribution in [2.45, 2.75) is 31.0 Å². The molecule has 0 radical (unpaired) electrons. The number of rotatable bonds is 4. The number of primary amides is 1. The van der Waals surface area contributed by atoms with Crippen LogP contribution in [0.15, 0.2) is 23.0 Å². The number of morpholine rings is 1. The molecule has 3 aliphatic carbocycles. The lowest BCUT2D eigenvalue weighted by Gasteiger charge is -2.50. The molecule has 4 atom stereocenters. The molecule has 0 bridgehead atoms. The molecule has 42 heavy (non-hydrogen) atoms. The highest BCUT2D eigenvalue weighted by atomic mass is 16.5. The zero-order chi connectivity index (χ0) is 30.7. The average Bonchev–Trinajstić information content (AvgIpc) is 2.94. The Morgan fingerprint density at radius 2 is 1.90 bits per heavy atom. The fourth-order valence-corrected chi connectivity index (χ4v) is 6.71. The first-order valence-electron chi connectivity index (χ1n) is 13.4. The minimum atomic E-state index is -2.74. The van der Waals surface area contributed by atoms with Crippen LogP contribution < -0.4 is 11.1 Å². The van der Waals surface area contributed by atoms with Gasteiger partial charge >= 0.3 is 6.03 Å². The van der Waals surface area contributed by atoms with E-state index in [1.54, 1.807) is 4.90 Å². The van der Waals surface area contributed by atoms with E-state index in [1.807, 2.05) is 0 Å². The van der Waals surface area contributed by atoms with Gasteiger partial charge in [-0.05, 0) is 50.0 Å². The van der Waals surface area contributed by atoms with Crippen LogP contribution in [0.4, 0.5) is 4.79 Å². The minimum Gasteiger partial charge on any atom is -0.508 e. The molecule has 4 aliphatic rings. The fourth-order valence-electron chi connectivity index (χ4n) is 6.71. The first kappa shape index (κ1) is 29.1. The Morgan fingerprint density at radius 1 is 1.24 bits per heavy atom. The van der Waals surface area contributed by atoms with Crippen LogP contribution in [0, 0.1) is 24.2 Å². The second kappa shape index (κ2) is 10.5. The summed E-state index contributed by atoms with van der Waals surface area (Å²) >= 11 is 0. The van der Waals surface area contributed by atoms with Gasteiger partial charge in [0, 0.05) is 31.1 Å². The third-order valence-electron chi connectivity index (χ3n) is 8.70. The van der Waals surface area contributed by atoms with Gasteiger partial charge in [0.15, 0.2) is 11.4 Å². The molecule has 0 unspecified atom stereocenters. The van der Waals surface area contributed by atoms with E-state index in [-0.39, 0.29) is 42.1 Å². The number of fused-ring (bicyclic) bond motifs is 3. The highest BCUT2D eigenvalue weighted by Crippen LogP contribution is 2.53. The number of ether oxygens (including phenoxy) is 1.